The standard InChI is InChI=1S/C25H38BrN3O7/c1-3-7-28(10-9-27-11-14-34-15-12-27)23(32)21-25-16-17(26)20(36-25)18(24(33)35-4-2)19(25)22(31)29(21)8-5-6-13-30/h3,17-21,30H,1,4-16H2,2H3/t17?,18-,19+,20-,21?,25?/m1/s1. The van der Waals surface area contributed by atoms with Crippen LogP contribution in [0.5, 0.6) is 0 Å². The first-order valence-electron chi connectivity index (χ1n) is 13.0. The van der Waals surface area contributed by atoms with Crippen molar-refractivity contribution in [1.82, 2.24) is 14.7 Å². The summed E-state index contributed by atoms with van der Waals surface area (Å²) in [6, 6.07) is -0.845. The molecule has 0 aliphatic carbocycles. The summed E-state index contributed by atoms with van der Waals surface area (Å²) in [5.74, 6) is -2.39. The second-order valence-electron chi connectivity index (χ2n) is 9.90. The lowest BCUT2D eigenvalue weighted by Gasteiger charge is -2.38. The second kappa shape index (κ2) is 11.9. The van der Waals surface area contributed by atoms with E-state index < -0.39 is 35.6 Å². The van der Waals surface area contributed by atoms with Crippen LogP contribution in [-0.2, 0) is 28.6 Å². The number of unbranched alkanes of at least 4 members (excludes halogenated alkanes) is 1. The van der Waals surface area contributed by atoms with E-state index in [2.05, 4.69) is 27.4 Å². The first kappa shape index (κ1) is 27.5. The van der Waals surface area contributed by atoms with Gasteiger partial charge in [-0.05, 0) is 26.2 Å². The Kier molecular flexibility index (Phi) is 9.09. The highest BCUT2D eigenvalue weighted by Crippen LogP contribution is 2.60. The van der Waals surface area contributed by atoms with Crippen molar-refractivity contribution in [3.8, 4) is 0 Å². The molecule has 0 saturated carbocycles. The third kappa shape index (κ3) is 4.97. The summed E-state index contributed by atoms with van der Waals surface area (Å²) < 4.78 is 17.2. The molecule has 4 aliphatic heterocycles. The van der Waals surface area contributed by atoms with Gasteiger partial charge in [0, 0.05) is 50.7 Å². The molecule has 202 valence electrons. The summed E-state index contributed by atoms with van der Waals surface area (Å²) in [7, 11) is 0. The van der Waals surface area contributed by atoms with E-state index in [1.165, 1.54) is 0 Å². The number of hydrogen-bond acceptors (Lipinski definition) is 8. The van der Waals surface area contributed by atoms with Crippen LogP contribution in [0.1, 0.15) is 26.2 Å². The minimum atomic E-state index is -1.10. The third-order valence-corrected chi connectivity index (χ3v) is 8.68. The number of carbonyl (C=O) groups is 3. The van der Waals surface area contributed by atoms with Gasteiger partial charge in [0.25, 0.3) is 0 Å². The Morgan fingerprint density at radius 2 is 2.06 bits per heavy atom. The Labute approximate surface area is 221 Å². The van der Waals surface area contributed by atoms with Crippen LogP contribution in [0.2, 0.25) is 0 Å². The van der Waals surface area contributed by atoms with Crippen LogP contribution >= 0.6 is 15.9 Å². The summed E-state index contributed by atoms with van der Waals surface area (Å²) in [5, 5.41) is 9.31. The number of likely N-dealkylation sites (tertiary alicyclic amines) is 1. The van der Waals surface area contributed by atoms with Crippen LogP contribution in [-0.4, -0.2) is 126 Å². The Balaban J connectivity index is 1.63. The van der Waals surface area contributed by atoms with Crippen molar-refractivity contribution in [2.24, 2.45) is 11.8 Å². The lowest BCUT2D eigenvalue weighted by molar-refractivity contribution is -0.154. The smallest absolute Gasteiger partial charge is 0.312 e. The minimum Gasteiger partial charge on any atom is -0.466 e. The Morgan fingerprint density at radius 3 is 2.72 bits per heavy atom. The first-order chi connectivity index (χ1) is 17.4. The molecule has 0 radical (unpaired) electrons. The fraction of sp³-hybridized carbons (Fsp3) is 0.800. The van der Waals surface area contributed by atoms with Crippen LogP contribution in [0.15, 0.2) is 12.7 Å². The largest absolute Gasteiger partial charge is 0.466 e. The van der Waals surface area contributed by atoms with E-state index >= 15 is 0 Å². The average molecular weight is 572 g/mol. The summed E-state index contributed by atoms with van der Waals surface area (Å²) >= 11 is 3.66. The maximum Gasteiger partial charge on any atom is 0.312 e. The fourth-order valence-corrected chi connectivity index (χ4v) is 7.20. The zero-order valence-electron chi connectivity index (χ0n) is 21.0. The first-order valence-corrected chi connectivity index (χ1v) is 13.9. The minimum absolute atomic E-state index is 0.00481. The highest BCUT2D eigenvalue weighted by molar-refractivity contribution is 9.09. The molecular formula is C25H38BrN3O7. The predicted octanol–water partition coefficient (Wildman–Crippen LogP) is 0.417. The van der Waals surface area contributed by atoms with E-state index in [-0.39, 0.29) is 29.9 Å². The van der Waals surface area contributed by atoms with E-state index in [1.54, 1.807) is 22.8 Å². The Bertz CT molecular complexity index is 838. The van der Waals surface area contributed by atoms with E-state index in [1.807, 2.05) is 0 Å². The van der Waals surface area contributed by atoms with Crippen LogP contribution in [0.4, 0.5) is 0 Å². The number of hydrogen-bond donors (Lipinski definition) is 1. The monoisotopic (exact) mass is 571 g/mol. The van der Waals surface area contributed by atoms with E-state index in [9.17, 15) is 19.5 Å². The Hall–Kier alpha value is -1.53. The molecule has 2 amide bonds. The number of esters is 1. The van der Waals surface area contributed by atoms with Crippen molar-refractivity contribution in [2.75, 3.05) is 65.7 Å². The van der Waals surface area contributed by atoms with Gasteiger partial charge in [-0.1, -0.05) is 22.0 Å². The number of rotatable bonds is 12. The van der Waals surface area contributed by atoms with E-state index in [4.69, 9.17) is 14.2 Å². The lowest BCUT2D eigenvalue weighted by atomic mass is 9.70. The average Bonchev–Trinajstić information content (AvgIpc) is 3.46. The predicted molar refractivity (Wildman–Crippen MR) is 134 cm³/mol. The van der Waals surface area contributed by atoms with Gasteiger partial charge in [0.2, 0.25) is 11.8 Å². The molecule has 4 rings (SSSR count). The zero-order valence-corrected chi connectivity index (χ0v) is 22.6. The molecule has 36 heavy (non-hydrogen) atoms. The Morgan fingerprint density at radius 1 is 1.31 bits per heavy atom. The van der Waals surface area contributed by atoms with Gasteiger partial charge in [0.05, 0.1) is 37.8 Å². The topological polar surface area (TPSA) is 109 Å². The molecule has 6 atom stereocenters. The molecule has 4 heterocycles. The van der Waals surface area contributed by atoms with Crippen molar-refractivity contribution in [1.29, 1.82) is 0 Å². The molecule has 0 aromatic carbocycles. The summed E-state index contributed by atoms with van der Waals surface area (Å²) in [6.45, 7) is 10.6. The maximum atomic E-state index is 14.2. The van der Waals surface area contributed by atoms with Gasteiger partial charge in [-0.3, -0.25) is 19.3 Å². The van der Waals surface area contributed by atoms with Gasteiger partial charge in [0.15, 0.2) is 0 Å². The molecular weight excluding hydrogens is 534 g/mol. The lowest BCUT2D eigenvalue weighted by Crippen LogP contribution is -2.57. The van der Waals surface area contributed by atoms with Crippen LogP contribution in [0.25, 0.3) is 0 Å². The number of amides is 2. The molecule has 1 N–H and O–H groups in total. The zero-order chi connectivity index (χ0) is 25.9. The number of nitrogens with zero attached hydrogens (tertiary/aromatic N) is 3. The number of halogens is 1. The quantitative estimate of drug-likeness (QED) is 0.155. The molecule has 10 nitrogen and oxygen atoms in total. The van der Waals surface area contributed by atoms with Crippen LogP contribution in [0, 0.1) is 11.8 Å². The van der Waals surface area contributed by atoms with Gasteiger partial charge in [-0.15, -0.1) is 6.58 Å². The molecule has 4 saturated heterocycles. The molecule has 4 fully saturated rings. The molecule has 11 heteroatoms. The molecule has 3 unspecified atom stereocenters. The van der Waals surface area contributed by atoms with Crippen LogP contribution in [0.3, 0.4) is 0 Å². The summed E-state index contributed by atoms with van der Waals surface area (Å²) in [5.41, 5.74) is -1.10. The van der Waals surface area contributed by atoms with Gasteiger partial charge < -0.3 is 29.1 Å². The second-order valence-corrected chi connectivity index (χ2v) is 11.1. The van der Waals surface area contributed by atoms with Crippen molar-refractivity contribution < 1.29 is 33.7 Å². The number of ether oxygens (including phenoxy) is 3. The van der Waals surface area contributed by atoms with Crippen LogP contribution < -0.4 is 0 Å². The molecule has 0 aromatic heterocycles. The molecule has 1 spiro atoms. The number of alkyl halides is 1. The number of aliphatic hydroxyl groups is 1. The number of morpholine rings is 1. The van der Waals surface area contributed by atoms with Gasteiger partial charge in [-0.25, -0.2) is 0 Å². The third-order valence-electron chi connectivity index (χ3n) is 7.84. The van der Waals surface area contributed by atoms with Crippen molar-refractivity contribution in [3.63, 3.8) is 0 Å². The van der Waals surface area contributed by atoms with Gasteiger partial charge in [0.1, 0.15) is 11.6 Å². The SMILES string of the molecule is C=CCN(CCN1CCOCC1)C(=O)C1N(CCCCO)C(=O)[C@@H]2[C@@H](C(=O)OCC)[C@@H]3OC12CC3Br. The van der Waals surface area contributed by atoms with Gasteiger partial charge in [-0.2, -0.15) is 0 Å². The number of fused-ring (bicyclic) bond motifs is 1. The van der Waals surface area contributed by atoms with Crippen molar-refractivity contribution in [3.05, 3.63) is 12.7 Å². The molecule has 2 bridgehead atoms. The molecule has 4 aliphatic rings. The van der Waals surface area contributed by atoms with Gasteiger partial charge >= 0.3 is 5.97 Å². The summed E-state index contributed by atoms with van der Waals surface area (Å²) in [6.07, 6.45) is 2.70. The van der Waals surface area contributed by atoms with E-state index in [0.29, 0.717) is 58.7 Å². The van der Waals surface area contributed by atoms with E-state index in [0.717, 1.165) is 13.1 Å². The molecule has 0 aromatic rings. The number of carbonyl (C=O) groups excluding carboxylic acids is 3. The highest BCUT2D eigenvalue weighted by atomic mass is 79.9. The highest BCUT2D eigenvalue weighted by Gasteiger charge is 2.77. The van der Waals surface area contributed by atoms with Crippen molar-refractivity contribution in [2.45, 2.75) is 48.8 Å². The summed E-state index contributed by atoms with van der Waals surface area (Å²) in [4.78, 5) is 46.5. The maximum absolute atomic E-state index is 14.2. The van der Waals surface area contributed by atoms with Crippen molar-refractivity contribution >= 4 is 33.7 Å². The fourth-order valence-electron chi connectivity index (χ4n) is 6.26. The normalized spacial score (nSPS) is 33.6. The number of aliphatic hydroxyl groups excluding tert-OH is 1.